The van der Waals surface area contributed by atoms with Crippen LogP contribution < -0.4 is 11.1 Å². The summed E-state index contributed by atoms with van der Waals surface area (Å²) < 4.78 is 42.9. The average molecular weight is 1180 g/mol. The SMILES string of the molecule is CCOC(=O)C(C)CC(=O)NC(C)C(=O)OCC.CCOC(=O)C(C)CC(=O)O.CCOC(=O)C(C)CC(=O)OCc1ccccc1.CCOC(=O)C(C)N.O=C(O)OCc1ccccc1.O=C(OCc1ccccc1)OCc1ccccc1. The van der Waals surface area contributed by atoms with Crippen molar-refractivity contribution in [3.05, 3.63) is 144 Å². The molecule has 84 heavy (non-hydrogen) atoms. The Balaban J connectivity index is 0. The minimum absolute atomic E-state index is 0.0113. The van der Waals surface area contributed by atoms with Crippen molar-refractivity contribution in [3.8, 4) is 0 Å². The molecule has 23 nitrogen and oxygen atoms in total. The third kappa shape index (κ3) is 42.9. The molecule has 0 fully saturated rings. The summed E-state index contributed by atoms with van der Waals surface area (Å²) in [6, 6.07) is 36.3. The van der Waals surface area contributed by atoms with Crippen LogP contribution in [-0.4, -0.2) is 115 Å². The zero-order valence-corrected chi connectivity index (χ0v) is 49.6. The number of amides is 1. The van der Waals surface area contributed by atoms with E-state index in [2.05, 4.69) is 19.5 Å². The van der Waals surface area contributed by atoms with E-state index in [1.165, 1.54) is 13.8 Å². The number of aliphatic carboxylic acids is 1. The van der Waals surface area contributed by atoms with Gasteiger partial charge in [0.1, 0.15) is 38.5 Å². The van der Waals surface area contributed by atoms with Crippen molar-refractivity contribution < 1.29 is 101 Å². The lowest BCUT2D eigenvalue weighted by Crippen LogP contribution is -2.40. The number of hydrogen-bond donors (Lipinski definition) is 4. The van der Waals surface area contributed by atoms with Gasteiger partial charge in [-0.3, -0.25) is 33.6 Å². The highest BCUT2D eigenvalue weighted by Gasteiger charge is 2.22. The summed E-state index contributed by atoms with van der Waals surface area (Å²) >= 11 is 0. The third-order valence-electron chi connectivity index (χ3n) is 10.0. The van der Waals surface area contributed by atoms with E-state index in [9.17, 15) is 47.9 Å². The van der Waals surface area contributed by atoms with Crippen LogP contribution in [0, 0.1) is 17.8 Å². The van der Waals surface area contributed by atoms with E-state index in [-0.39, 0.29) is 82.7 Å². The van der Waals surface area contributed by atoms with Gasteiger partial charge in [0.05, 0.1) is 63.6 Å². The highest BCUT2D eigenvalue weighted by atomic mass is 16.7. The van der Waals surface area contributed by atoms with E-state index in [4.69, 9.17) is 44.4 Å². The average Bonchev–Trinajstić information content (AvgIpc) is 3.47. The zero-order valence-electron chi connectivity index (χ0n) is 49.6. The van der Waals surface area contributed by atoms with Crippen LogP contribution in [0.25, 0.3) is 0 Å². The molecule has 0 aliphatic rings. The molecule has 1 amide bonds. The normalized spacial score (nSPS) is 11.5. The van der Waals surface area contributed by atoms with Crippen molar-refractivity contribution >= 4 is 60.0 Å². The maximum Gasteiger partial charge on any atom is 0.508 e. The van der Waals surface area contributed by atoms with Gasteiger partial charge in [-0.1, -0.05) is 142 Å². The second kappa shape index (κ2) is 48.8. The van der Waals surface area contributed by atoms with Crippen LogP contribution in [0.15, 0.2) is 121 Å². The highest BCUT2D eigenvalue weighted by Crippen LogP contribution is 2.10. The number of carbonyl (C=O) groups excluding carboxylic acids is 8. The Morgan fingerprint density at radius 3 is 1.00 bits per heavy atom. The van der Waals surface area contributed by atoms with E-state index in [0.29, 0.717) is 19.8 Å². The van der Waals surface area contributed by atoms with E-state index >= 15 is 0 Å². The van der Waals surface area contributed by atoms with Gasteiger partial charge >= 0.3 is 54.1 Å². The molecule has 0 saturated carbocycles. The van der Waals surface area contributed by atoms with Gasteiger partial charge in [0.2, 0.25) is 5.91 Å². The molecule has 4 aromatic rings. The quantitative estimate of drug-likeness (QED) is 0.0355. The summed E-state index contributed by atoms with van der Waals surface area (Å²) in [6.07, 6.45) is -2.02. The predicted molar refractivity (Wildman–Crippen MR) is 307 cm³/mol. The van der Waals surface area contributed by atoms with Crippen LogP contribution in [0.1, 0.15) is 111 Å². The van der Waals surface area contributed by atoms with Gasteiger partial charge in [-0.25, -0.2) is 14.4 Å². The Hall–Kier alpha value is -8.86. The molecule has 464 valence electrons. The molecule has 5 atom stereocenters. The summed E-state index contributed by atoms with van der Waals surface area (Å²) in [5, 5.41) is 18.9. The van der Waals surface area contributed by atoms with Crippen LogP contribution in [0.3, 0.4) is 0 Å². The van der Waals surface area contributed by atoms with Crippen molar-refractivity contribution in [2.45, 2.75) is 127 Å². The molecule has 0 aliphatic carbocycles. The Bertz CT molecular complexity index is 2410. The number of esters is 6. The van der Waals surface area contributed by atoms with Gasteiger partial charge in [0.25, 0.3) is 0 Å². The van der Waals surface area contributed by atoms with Crippen molar-refractivity contribution in [1.29, 1.82) is 0 Å². The predicted octanol–water partition coefficient (Wildman–Crippen LogP) is 8.94. The molecule has 5 unspecified atom stereocenters. The molecule has 0 radical (unpaired) electrons. The van der Waals surface area contributed by atoms with E-state index in [0.717, 1.165) is 22.3 Å². The van der Waals surface area contributed by atoms with Gasteiger partial charge in [-0.15, -0.1) is 0 Å². The van der Waals surface area contributed by atoms with Crippen LogP contribution in [0.2, 0.25) is 0 Å². The van der Waals surface area contributed by atoms with E-state index < -0.39 is 66.0 Å². The first-order valence-corrected chi connectivity index (χ1v) is 27.0. The fraction of sp³-hybridized carbons (Fsp3) is 0.443. The summed E-state index contributed by atoms with van der Waals surface area (Å²) in [6.45, 7) is 18.9. The number of hydrogen-bond acceptors (Lipinski definition) is 20. The number of carboxylic acid groups (broad SMARTS) is 2. The van der Waals surface area contributed by atoms with Crippen LogP contribution >= 0.6 is 0 Å². The number of nitrogens with two attached hydrogens (primary N) is 1. The first-order valence-electron chi connectivity index (χ1n) is 27.0. The number of nitrogens with one attached hydrogen (secondary N) is 1. The van der Waals surface area contributed by atoms with E-state index in [1.54, 1.807) is 55.4 Å². The van der Waals surface area contributed by atoms with Crippen LogP contribution in [0.5, 0.6) is 0 Å². The molecule has 5 N–H and O–H groups in total. The third-order valence-corrected chi connectivity index (χ3v) is 10.0. The van der Waals surface area contributed by atoms with Crippen molar-refractivity contribution in [2.24, 2.45) is 23.5 Å². The molecule has 23 heteroatoms. The van der Waals surface area contributed by atoms with Gasteiger partial charge in [-0.2, -0.15) is 0 Å². The topological polar surface area (TPSA) is 332 Å². The Morgan fingerprint density at radius 2 is 0.690 bits per heavy atom. The van der Waals surface area contributed by atoms with Gasteiger partial charge < -0.3 is 63.9 Å². The largest absolute Gasteiger partial charge is 0.508 e. The lowest BCUT2D eigenvalue weighted by Gasteiger charge is -2.14. The first kappa shape index (κ1) is 77.2. The molecule has 4 aromatic carbocycles. The van der Waals surface area contributed by atoms with Crippen molar-refractivity contribution in [1.82, 2.24) is 5.32 Å². The summed E-state index contributed by atoms with van der Waals surface area (Å²) in [5.74, 6) is -5.36. The lowest BCUT2D eigenvalue weighted by molar-refractivity contribution is -0.154. The molecule has 0 aliphatic heterocycles. The van der Waals surface area contributed by atoms with Gasteiger partial charge in [0.15, 0.2) is 0 Å². The standard InChI is InChI=1S/C15H14O3.C14H18O4.C12H21NO5.C8H8O3.C7H12O4.C5H11NO2/c16-15(17-11-13-7-3-1-4-8-13)18-12-14-9-5-2-6-10-14;1-3-17-14(16)11(2)9-13(15)18-10-12-7-5-4-6-8-12;1-5-17-11(15)8(3)7-10(14)13-9(4)12(16)18-6-2;9-8(10)11-6-7-4-2-1-3-5-7;1-3-11-7(10)5(2)4-6(8)9;1-3-8-5(7)4(2)6/h1-10H,11-12H2;4-8,11H,3,9-10H2,1-2H3;8-9H,5-7H2,1-4H3,(H,13,14);1-5H,6H2,(H,9,10);5H,3-4H2,1-2H3,(H,8,9);4H,3,6H2,1-2H3. The molecule has 4 rings (SSSR count). The number of benzene rings is 4. The number of carboxylic acids is 1. The smallest absolute Gasteiger partial charge is 0.481 e. The maximum atomic E-state index is 11.6. The molecular formula is C61H84N2O21. The van der Waals surface area contributed by atoms with E-state index in [1.807, 2.05) is 121 Å². The second-order valence-corrected chi connectivity index (χ2v) is 17.5. The fourth-order valence-electron chi connectivity index (χ4n) is 5.78. The number of rotatable bonds is 25. The fourth-order valence-corrected chi connectivity index (χ4v) is 5.78. The Morgan fingerprint density at radius 1 is 0.393 bits per heavy atom. The summed E-state index contributed by atoms with van der Waals surface area (Å²) in [5.41, 5.74) is 8.81. The Kier molecular flexibility index (Phi) is 44.9. The van der Waals surface area contributed by atoms with Gasteiger partial charge in [-0.05, 0) is 70.7 Å². The minimum atomic E-state index is -1.24. The monoisotopic (exact) mass is 1180 g/mol. The lowest BCUT2D eigenvalue weighted by atomic mass is 10.1. The molecule has 0 spiro atoms. The second-order valence-electron chi connectivity index (χ2n) is 17.5. The molecule has 0 heterocycles. The minimum Gasteiger partial charge on any atom is -0.481 e. The van der Waals surface area contributed by atoms with Crippen molar-refractivity contribution in [2.75, 3.05) is 33.0 Å². The van der Waals surface area contributed by atoms with Crippen molar-refractivity contribution in [3.63, 3.8) is 0 Å². The Labute approximate surface area is 491 Å². The molecule has 0 aromatic heterocycles. The molecule has 0 bridgehead atoms. The first-order chi connectivity index (χ1) is 39.9. The number of ether oxygens (including phenoxy) is 9. The summed E-state index contributed by atoms with van der Waals surface area (Å²) in [4.78, 5) is 110. The highest BCUT2D eigenvalue weighted by molar-refractivity contribution is 5.87. The van der Waals surface area contributed by atoms with Gasteiger partial charge in [0, 0.05) is 6.42 Å². The van der Waals surface area contributed by atoms with Crippen LogP contribution in [-0.2, 0) is 107 Å². The summed E-state index contributed by atoms with van der Waals surface area (Å²) in [7, 11) is 0. The van der Waals surface area contributed by atoms with Crippen LogP contribution in [0.4, 0.5) is 9.59 Å². The molecular weight excluding hydrogens is 1100 g/mol. The zero-order chi connectivity index (χ0) is 63.7. The maximum absolute atomic E-state index is 11.6. The number of carbonyl (C=O) groups is 10. The molecule has 0 saturated heterocycles.